The minimum atomic E-state index is 0.231. The summed E-state index contributed by atoms with van der Waals surface area (Å²) < 4.78 is 1.99. The minimum Gasteiger partial charge on any atom is -0.336 e. The highest BCUT2D eigenvalue weighted by Gasteiger charge is 2.28. The summed E-state index contributed by atoms with van der Waals surface area (Å²) in [5, 5.41) is 0. The monoisotopic (exact) mass is 358 g/mol. The lowest BCUT2D eigenvalue weighted by atomic mass is 10.2. The molecule has 2 aliphatic rings. The Morgan fingerprint density at radius 1 is 1.16 bits per heavy atom. The molecule has 0 bridgehead atoms. The molecule has 3 heterocycles. The molecule has 1 aromatic heterocycles. The van der Waals surface area contributed by atoms with Crippen molar-refractivity contribution in [2.24, 2.45) is 0 Å². The van der Waals surface area contributed by atoms with E-state index in [2.05, 4.69) is 14.8 Å². The van der Waals surface area contributed by atoms with Crippen molar-refractivity contribution in [3.63, 3.8) is 0 Å². The number of carbonyl (C=O) groups is 1. The molecule has 0 aliphatic carbocycles. The van der Waals surface area contributed by atoms with Gasteiger partial charge in [0.15, 0.2) is 0 Å². The fourth-order valence-electron chi connectivity index (χ4n) is 3.94. The summed E-state index contributed by atoms with van der Waals surface area (Å²) in [6.45, 7) is 4.69. The van der Waals surface area contributed by atoms with Crippen molar-refractivity contribution in [1.29, 1.82) is 0 Å². The highest BCUT2D eigenvalue weighted by molar-refractivity contribution is 7.99. The quantitative estimate of drug-likeness (QED) is 0.842. The number of hydrogen-bond acceptors (Lipinski definition) is 4. The molecule has 1 amide bonds. The molecule has 2 saturated heterocycles. The summed E-state index contributed by atoms with van der Waals surface area (Å²) in [7, 11) is 0. The van der Waals surface area contributed by atoms with Crippen LogP contribution in [-0.4, -0.2) is 69.0 Å². The van der Waals surface area contributed by atoms with Gasteiger partial charge in [0.2, 0.25) is 5.91 Å². The van der Waals surface area contributed by atoms with Gasteiger partial charge in [-0.15, -0.1) is 0 Å². The van der Waals surface area contributed by atoms with Gasteiger partial charge in [-0.2, -0.15) is 11.8 Å². The van der Waals surface area contributed by atoms with Crippen LogP contribution in [0, 0.1) is 0 Å². The number of amides is 1. The Hall–Kier alpha value is -1.53. The van der Waals surface area contributed by atoms with Crippen LogP contribution in [0.2, 0.25) is 0 Å². The van der Waals surface area contributed by atoms with E-state index >= 15 is 0 Å². The highest BCUT2D eigenvalue weighted by Crippen LogP contribution is 2.20. The number of fused-ring (bicyclic) bond motifs is 1. The van der Waals surface area contributed by atoms with Crippen molar-refractivity contribution in [1.82, 2.24) is 19.4 Å². The van der Waals surface area contributed by atoms with Crippen LogP contribution in [0.3, 0.4) is 0 Å². The van der Waals surface area contributed by atoms with Gasteiger partial charge in [-0.1, -0.05) is 12.1 Å². The number of aromatic nitrogens is 2. The first-order chi connectivity index (χ1) is 12.3. The fraction of sp³-hybridized carbons (Fsp3) is 0.579. The Balaban J connectivity index is 1.49. The van der Waals surface area contributed by atoms with Crippen LogP contribution in [0.25, 0.3) is 11.0 Å². The normalized spacial score (nSPS) is 22.4. The van der Waals surface area contributed by atoms with Gasteiger partial charge < -0.3 is 14.4 Å². The Morgan fingerprint density at radius 3 is 2.88 bits per heavy atom. The van der Waals surface area contributed by atoms with Crippen molar-refractivity contribution in [2.45, 2.75) is 31.8 Å². The minimum absolute atomic E-state index is 0.231. The van der Waals surface area contributed by atoms with Gasteiger partial charge in [0.05, 0.1) is 23.4 Å². The smallest absolute Gasteiger partial charge is 0.242 e. The van der Waals surface area contributed by atoms with Crippen LogP contribution in [-0.2, 0) is 11.3 Å². The summed E-state index contributed by atoms with van der Waals surface area (Å²) in [4.78, 5) is 22.2. The molecule has 0 radical (unpaired) electrons. The van der Waals surface area contributed by atoms with Crippen LogP contribution in [0.15, 0.2) is 30.6 Å². The maximum absolute atomic E-state index is 13.1. The third-order valence-electron chi connectivity index (χ3n) is 5.26. The summed E-state index contributed by atoms with van der Waals surface area (Å²) in [5.74, 6) is 2.45. The number of imidazole rings is 1. The fourth-order valence-corrected chi connectivity index (χ4v) is 5.00. The van der Waals surface area contributed by atoms with E-state index in [1.54, 1.807) is 6.33 Å². The van der Waals surface area contributed by atoms with Crippen molar-refractivity contribution in [3.05, 3.63) is 30.6 Å². The van der Waals surface area contributed by atoms with Crippen molar-refractivity contribution in [3.8, 4) is 0 Å². The van der Waals surface area contributed by atoms with Gasteiger partial charge in [-0.05, 0) is 50.2 Å². The molecular formula is C19H26N4OS. The van der Waals surface area contributed by atoms with E-state index < -0.39 is 0 Å². The van der Waals surface area contributed by atoms with Gasteiger partial charge in [-0.3, -0.25) is 4.79 Å². The number of para-hydroxylation sites is 2. The molecule has 2 aromatic rings. The van der Waals surface area contributed by atoms with E-state index in [-0.39, 0.29) is 5.91 Å². The standard InChI is InChI=1S/C19H26N4OS/c24-19(13-22-15-20-17-6-1-2-7-18(17)22)23-10-5-11-25-14-16(23)12-21-8-3-4-9-21/h1-2,6-7,15-16H,3-5,8-14H2. The van der Waals surface area contributed by atoms with E-state index in [1.807, 2.05) is 40.6 Å². The third kappa shape index (κ3) is 3.85. The summed E-state index contributed by atoms with van der Waals surface area (Å²) in [6, 6.07) is 8.36. The largest absolute Gasteiger partial charge is 0.336 e. The number of benzene rings is 1. The second-order valence-corrected chi connectivity index (χ2v) is 8.19. The second kappa shape index (κ2) is 7.79. The summed E-state index contributed by atoms with van der Waals surface area (Å²) in [5.41, 5.74) is 1.99. The number of rotatable bonds is 4. The van der Waals surface area contributed by atoms with Crippen LogP contribution in [0.1, 0.15) is 19.3 Å². The van der Waals surface area contributed by atoms with Gasteiger partial charge in [0.1, 0.15) is 6.54 Å². The van der Waals surface area contributed by atoms with E-state index in [4.69, 9.17) is 0 Å². The molecule has 2 fully saturated rings. The van der Waals surface area contributed by atoms with Gasteiger partial charge in [0, 0.05) is 18.8 Å². The molecule has 2 aliphatic heterocycles. The molecule has 134 valence electrons. The topological polar surface area (TPSA) is 41.4 Å². The molecule has 1 atom stereocenters. The first-order valence-electron chi connectivity index (χ1n) is 9.31. The number of likely N-dealkylation sites (tertiary alicyclic amines) is 1. The Labute approximate surface area is 153 Å². The Morgan fingerprint density at radius 2 is 2.00 bits per heavy atom. The van der Waals surface area contributed by atoms with Crippen LogP contribution in [0.5, 0.6) is 0 Å². The highest BCUT2D eigenvalue weighted by atomic mass is 32.2. The molecule has 1 unspecified atom stereocenters. The molecule has 25 heavy (non-hydrogen) atoms. The zero-order chi connectivity index (χ0) is 17.1. The van der Waals surface area contributed by atoms with Crippen molar-refractivity contribution >= 4 is 28.7 Å². The molecule has 0 spiro atoms. The number of nitrogens with zero attached hydrogens (tertiary/aromatic N) is 4. The molecule has 4 rings (SSSR count). The summed E-state index contributed by atoms with van der Waals surface area (Å²) >= 11 is 2.00. The van der Waals surface area contributed by atoms with E-state index in [0.717, 1.165) is 42.0 Å². The van der Waals surface area contributed by atoms with Gasteiger partial charge in [-0.25, -0.2) is 4.98 Å². The third-order valence-corrected chi connectivity index (χ3v) is 6.46. The average molecular weight is 359 g/mol. The van der Waals surface area contributed by atoms with Crippen molar-refractivity contribution in [2.75, 3.05) is 37.7 Å². The van der Waals surface area contributed by atoms with E-state index in [9.17, 15) is 4.79 Å². The SMILES string of the molecule is O=C(Cn1cnc2ccccc21)N1CCCSCC1CN1CCCC1. The predicted molar refractivity (Wildman–Crippen MR) is 103 cm³/mol. The zero-order valence-corrected chi connectivity index (χ0v) is 15.5. The lowest BCUT2D eigenvalue weighted by Crippen LogP contribution is -2.48. The molecule has 6 heteroatoms. The van der Waals surface area contributed by atoms with Gasteiger partial charge >= 0.3 is 0 Å². The van der Waals surface area contributed by atoms with Crippen LogP contribution >= 0.6 is 11.8 Å². The second-order valence-electron chi connectivity index (χ2n) is 7.04. The number of hydrogen-bond donors (Lipinski definition) is 0. The van der Waals surface area contributed by atoms with Crippen LogP contribution < -0.4 is 0 Å². The maximum atomic E-state index is 13.1. The first kappa shape index (κ1) is 16.9. The molecular weight excluding hydrogens is 332 g/mol. The first-order valence-corrected chi connectivity index (χ1v) is 10.5. The van der Waals surface area contributed by atoms with E-state index in [0.29, 0.717) is 12.6 Å². The van der Waals surface area contributed by atoms with Crippen molar-refractivity contribution < 1.29 is 4.79 Å². The van der Waals surface area contributed by atoms with E-state index in [1.165, 1.54) is 25.9 Å². The predicted octanol–water partition coefficient (Wildman–Crippen LogP) is 2.47. The average Bonchev–Trinajstić information content (AvgIpc) is 3.21. The lowest BCUT2D eigenvalue weighted by Gasteiger charge is -2.33. The lowest BCUT2D eigenvalue weighted by molar-refractivity contribution is -0.134. The number of thioether (sulfide) groups is 1. The Bertz CT molecular complexity index is 725. The zero-order valence-electron chi connectivity index (χ0n) is 14.6. The number of carbonyl (C=O) groups excluding carboxylic acids is 1. The summed E-state index contributed by atoms with van der Waals surface area (Å²) in [6.07, 6.45) is 5.49. The molecule has 5 nitrogen and oxygen atoms in total. The molecule has 0 saturated carbocycles. The van der Waals surface area contributed by atoms with Gasteiger partial charge in [0.25, 0.3) is 0 Å². The molecule has 0 N–H and O–H groups in total. The maximum Gasteiger partial charge on any atom is 0.242 e. The molecule has 1 aromatic carbocycles. The van der Waals surface area contributed by atoms with Crippen LogP contribution in [0.4, 0.5) is 0 Å². The Kier molecular flexibility index (Phi) is 5.27.